The molecule has 1 aliphatic heterocycles. The topological polar surface area (TPSA) is 12.5 Å². The molecule has 101 valence electrons. The van der Waals surface area contributed by atoms with E-state index >= 15 is 0 Å². The first-order valence-corrected chi connectivity index (χ1v) is 9.80. The van der Waals surface area contributed by atoms with Crippen LogP contribution in [-0.2, 0) is 28.3 Å². The van der Waals surface area contributed by atoms with Gasteiger partial charge in [0.15, 0.2) is 0 Å². The molecular weight excluding hydrogens is 335 g/mol. The van der Waals surface area contributed by atoms with Crippen molar-refractivity contribution in [2.75, 3.05) is 6.61 Å². The molecule has 3 rings (SSSR count). The Morgan fingerprint density at radius 1 is 0.947 bits per heavy atom. The summed E-state index contributed by atoms with van der Waals surface area (Å²) in [6.07, 6.45) is 6.82. The van der Waals surface area contributed by atoms with Crippen molar-refractivity contribution < 1.29 is 28.3 Å². The van der Waals surface area contributed by atoms with Crippen LogP contribution in [0.25, 0.3) is 0 Å². The van der Waals surface area contributed by atoms with Crippen LogP contribution >= 0.6 is 8.51 Å². The fourth-order valence-electron chi connectivity index (χ4n) is 3.14. The van der Waals surface area contributed by atoms with Crippen molar-refractivity contribution in [3.63, 3.8) is 0 Å². The Labute approximate surface area is 134 Å². The molecule has 3 heteroatoms. The molecule has 0 radical (unpaired) electrons. The zero-order valence-electron chi connectivity index (χ0n) is 12.1. The van der Waals surface area contributed by atoms with Gasteiger partial charge in [0.2, 0.25) is 0 Å². The van der Waals surface area contributed by atoms with Crippen LogP contribution in [0, 0.1) is 0 Å². The van der Waals surface area contributed by atoms with Crippen LogP contribution in [0.5, 0.6) is 0 Å². The maximum atomic E-state index is 5.92. The number of hydrogen-bond donors (Lipinski definition) is 0. The molecule has 0 aromatic carbocycles. The van der Waals surface area contributed by atoms with E-state index in [-0.39, 0.29) is 5.60 Å². The Morgan fingerprint density at radius 2 is 1.32 bits per heavy atom. The van der Waals surface area contributed by atoms with Crippen LogP contribution in [-0.4, -0.2) is 12.2 Å². The normalized spacial score (nSPS) is 24.0. The molecule has 0 aromatic rings. The van der Waals surface area contributed by atoms with Crippen LogP contribution in [0.4, 0.5) is 0 Å². The van der Waals surface area contributed by atoms with Gasteiger partial charge in [-0.05, 0) is 62.8 Å². The van der Waals surface area contributed by atoms with E-state index in [1.807, 2.05) is 0 Å². The summed E-state index contributed by atoms with van der Waals surface area (Å²) in [5.41, 5.74) is 8.74. The van der Waals surface area contributed by atoms with Gasteiger partial charge < -0.3 is 4.74 Å². The molecule has 1 saturated heterocycles. The summed E-state index contributed by atoms with van der Waals surface area (Å²) in [4.78, 5) is 0. The summed E-state index contributed by atoms with van der Waals surface area (Å²) < 4.78 is 5.92. The number of epoxide rings is 1. The second kappa shape index (κ2) is 5.84. The van der Waals surface area contributed by atoms with E-state index in [0.29, 0.717) is 0 Å². The predicted molar refractivity (Wildman–Crippen MR) is 76.7 cm³/mol. The summed E-state index contributed by atoms with van der Waals surface area (Å²) in [6, 6.07) is 0. The van der Waals surface area contributed by atoms with Crippen LogP contribution in [0.15, 0.2) is 45.6 Å². The van der Waals surface area contributed by atoms with E-state index in [1.165, 1.54) is 33.4 Å². The van der Waals surface area contributed by atoms with Gasteiger partial charge in [0, 0.05) is 0 Å². The standard InChI is InChI=1S/C16H20O.ClH.Zr/c1-10-5-7-14(12(10)3)16(9-17-16)15-8-6-11(2)13(15)4;;/h5-6H,7-9H2,1-4H3;1H;/q;;+1/p-1. The summed E-state index contributed by atoms with van der Waals surface area (Å²) in [5, 5.41) is 0. The van der Waals surface area contributed by atoms with Gasteiger partial charge >= 0.3 is 32.0 Å². The Balaban J connectivity index is 0.000000637. The van der Waals surface area contributed by atoms with Gasteiger partial charge in [-0.2, -0.15) is 0 Å². The Morgan fingerprint density at radius 3 is 1.53 bits per heavy atom. The summed E-state index contributed by atoms with van der Waals surface area (Å²) in [6.45, 7) is 9.77. The zero-order chi connectivity index (χ0) is 14.2. The van der Waals surface area contributed by atoms with Crippen LogP contribution in [0.3, 0.4) is 0 Å². The van der Waals surface area contributed by atoms with Crippen molar-refractivity contribution in [2.45, 2.75) is 46.1 Å². The van der Waals surface area contributed by atoms with Gasteiger partial charge in [0.1, 0.15) is 5.60 Å². The molecule has 1 fully saturated rings. The first kappa shape index (κ1) is 15.5. The van der Waals surface area contributed by atoms with Crippen molar-refractivity contribution in [2.24, 2.45) is 0 Å². The first-order chi connectivity index (χ1) is 9.06. The molecule has 19 heavy (non-hydrogen) atoms. The van der Waals surface area contributed by atoms with Crippen molar-refractivity contribution in [1.29, 1.82) is 0 Å². The number of allylic oxidation sites excluding steroid dienone is 6. The third-order valence-corrected chi connectivity index (χ3v) is 4.72. The van der Waals surface area contributed by atoms with Gasteiger partial charge in [0.25, 0.3) is 0 Å². The Hall–Kier alpha value is 0.0931. The molecule has 3 aliphatic rings. The quantitative estimate of drug-likeness (QED) is 0.650. The summed E-state index contributed by atoms with van der Waals surface area (Å²) in [7, 11) is 4.73. The number of halogens is 1. The molecule has 0 aromatic heterocycles. The van der Waals surface area contributed by atoms with Crippen molar-refractivity contribution in [1.82, 2.24) is 0 Å². The molecule has 0 N–H and O–H groups in total. The summed E-state index contributed by atoms with van der Waals surface area (Å²) in [5.74, 6) is 0. The second-order valence-corrected chi connectivity index (χ2v) is 5.51. The third kappa shape index (κ3) is 2.52. The summed E-state index contributed by atoms with van der Waals surface area (Å²) >= 11 is 1.02. The predicted octanol–water partition coefficient (Wildman–Crippen LogP) is 4.78. The molecule has 0 atom stereocenters. The molecule has 1 nitrogen and oxygen atoms in total. The van der Waals surface area contributed by atoms with Crippen LogP contribution in [0.1, 0.15) is 40.5 Å². The maximum absolute atomic E-state index is 5.92. The third-order valence-electron chi connectivity index (χ3n) is 4.72. The first-order valence-electron chi connectivity index (χ1n) is 6.64. The van der Waals surface area contributed by atoms with Crippen molar-refractivity contribution in [3.05, 3.63) is 45.6 Å². The van der Waals surface area contributed by atoms with Crippen LogP contribution in [0.2, 0.25) is 0 Å². The molecular formula is C16H20ClOZr. The monoisotopic (exact) mass is 353 g/mol. The number of ether oxygens (including phenoxy) is 1. The van der Waals surface area contributed by atoms with Gasteiger partial charge in [-0.15, -0.1) is 0 Å². The molecule has 1 heterocycles. The van der Waals surface area contributed by atoms with E-state index in [2.05, 4.69) is 39.8 Å². The Bertz CT molecular complexity index is 475. The fourth-order valence-corrected chi connectivity index (χ4v) is 3.14. The average Bonchev–Trinajstić information content (AvgIpc) is 3.05. The average molecular weight is 355 g/mol. The molecule has 0 saturated carbocycles. The van der Waals surface area contributed by atoms with E-state index in [1.54, 1.807) is 0 Å². The van der Waals surface area contributed by atoms with Gasteiger partial charge in [0.05, 0.1) is 6.61 Å². The van der Waals surface area contributed by atoms with E-state index < -0.39 is 0 Å². The van der Waals surface area contributed by atoms with Crippen LogP contribution < -0.4 is 0 Å². The Kier molecular flexibility index (Phi) is 4.76. The molecule has 0 unspecified atom stereocenters. The zero-order valence-corrected chi connectivity index (χ0v) is 15.3. The van der Waals surface area contributed by atoms with Crippen molar-refractivity contribution >= 4 is 8.51 Å². The van der Waals surface area contributed by atoms with E-state index in [4.69, 9.17) is 13.2 Å². The van der Waals surface area contributed by atoms with Gasteiger partial charge in [-0.1, -0.05) is 23.3 Å². The second-order valence-electron chi connectivity index (χ2n) is 5.51. The number of hydrogen-bond acceptors (Lipinski definition) is 1. The minimum absolute atomic E-state index is 0.0311. The van der Waals surface area contributed by atoms with Gasteiger partial charge in [-0.25, -0.2) is 0 Å². The minimum atomic E-state index is -0.0311. The number of rotatable bonds is 2. The van der Waals surface area contributed by atoms with E-state index in [0.717, 1.165) is 43.0 Å². The van der Waals surface area contributed by atoms with E-state index in [9.17, 15) is 0 Å². The molecule has 2 aliphatic carbocycles. The molecule has 0 bridgehead atoms. The van der Waals surface area contributed by atoms with Gasteiger partial charge in [-0.3, -0.25) is 0 Å². The van der Waals surface area contributed by atoms with Crippen molar-refractivity contribution in [3.8, 4) is 0 Å². The molecule has 0 amide bonds. The SMILES string of the molecule is CC1=CCC(C2(C3=C(C)C(C)=CC3)CO2)=C1C.[Cl][Zr]. The fraction of sp³-hybridized carbons (Fsp3) is 0.500. The molecule has 0 spiro atoms.